The van der Waals surface area contributed by atoms with E-state index < -0.39 is 0 Å². The predicted octanol–water partition coefficient (Wildman–Crippen LogP) is 2.84. The summed E-state index contributed by atoms with van der Waals surface area (Å²) in [6, 6.07) is 9.22. The minimum absolute atomic E-state index is 0.684. The highest BCUT2D eigenvalue weighted by atomic mass is 35.5. The van der Waals surface area contributed by atoms with Gasteiger partial charge in [-0.15, -0.1) is 0 Å². The molecule has 4 heteroatoms. The van der Waals surface area contributed by atoms with Gasteiger partial charge in [-0.25, -0.2) is 0 Å². The van der Waals surface area contributed by atoms with Gasteiger partial charge in [-0.05, 0) is 24.0 Å². The van der Waals surface area contributed by atoms with E-state index in [1.54, 1.807) is 6.20 Å². The first-order valence-corrected chi connectivity index (χ1v) is 6.67. The van der Waals surface area contributed by atoms with Crippen LogP contribution in [0.25, 0.3) is 0 Å². The molecule has 2 aromatic rings. The lowest BCUT2D eigenvalue weighted by Crippen LogP contribution is -2.17. The predicted molar refractivity (Wildman–Crippen MR) is 72.6 cm³/mol. The number of hydrogen-bond acceptors (Lipinski definition) is 2. The Balaban J connectivity index is 1.73. The number of nitrogens with zero attached hydrogens (tertiary/aromatic N) is 2. The Morgan fingerprint density at radius 1 is 1.28 bits per heavy atom. The Bertz CT molecular complexity index is 531. The van der Waals surface area contributed by atoms with Crippen LogP contribution < -0.4 is 5.32 Å². The molecule has 1 N–H and O–H groups in total. The summed E-state index contributed by atoms with van der Waals surface area (Å²) in [6.45, 7) is 1.71. The molecule has 0 radical (unpaired) electrons. The normalized spacial score (nSPS) is 14.9. The molecule has 1 aromatic heterocycles. The molecule has 1 aromatic carbocycles. The van der Waals surface area contributed by atoms with Crippen LogP contribution in [0.4, 0.5) is 0 Å². The first-order valence-electron chi connectivity index (χ1n) is 6.29. The average Bonchev–Trinajstić information content (AvgIpc) is 3.12. The largest absolute Gasteiger partial charge is 0.310 e. The summed E-state index contributed by atoms with van der Waals surface area (Å²) in [6.07, 6.45) is 6.16. The number of hydrogen-bond donors (Lipinski definition) is 1. The van der Waals surface area contributed by atoms with Gasteiger partial charge >= 0.3 is 0 Å². The van der Waals surface area contributed by atoms with Gasteiger partial charge in [0.1, 0.15) is 0 Å². The van der Waals surface area contributed by atoms with Crippen LogP contribution >= 0.6 is 11.6 Å². The lowest BCUT2D eigenvalue weighted by Gasteiger charge is -2.10. The minimum atomic E-state index is 0.684. The van der Waals surface area contributed by atoms with Crippen molar-refractivity contribution in [2.24, 2.45) is 0 Å². The highest BCUT2D eigenvalue weighted by Crippen LogP contribution is 2.20. The highest BCUT2D eigenvalue weighted by molar-refractivity contribution is 6.30. The Morgan fingerprint density at radius 2 is 2.06 bits per heavy atom. The molecule has 1 heterocycles. The monoisotopic (exact) mass is 261 g/mol. The summed E-state index contributed by atoms with van der Waals surface area (Å²) in [5.74, 6) is 0. The maximum atomic E-state index is 5.88. The van der Waals surface area contributed by atoms with Gasteiger partial charge in [-0.3, -0.25) is 4.68 Å². The Hall–Kier alpha value is -1.32. The number of benzene rings is 1. The van der Waals surface area contributed by atoms with Crippen molar-refractivity contribution in [2.75, 3.05) is 0 Å². The Kier molecular flexibility index (Phi) is 3.35. The topological polar surface area (TPSA) is 29.9 Å². The molecule has 3 nitrogen and oxygen atoms in total. The summed E-state index contributed by atoms with van der Waals surface area (Å²) in [7, 11) is 0. The third-order valence-electron chi connectivity index (χ3n) is 3.21. The molecular weight excluding hydrogens is 246 g/mol. The summed E-state index contributed by atoms with van der Waals surface area (Å²) >= 11 is 5.88. The quantitative estimate of drug-likeness (QED) is 0.897. The van der Waals surface area contributed by atoms with E-state index in [1.165, 1.54) is 24.0 Å². The van der Waals surface area contributed by atoms with E-state index in [9.17, 15) is 0 Å². The second-order valence-corrected chi connectivity index (χ2v) is 5.22. The van der Waals surface area contributed by atoms with Crippen LogP contribution in [0.1, 0.15) is 24.0 Å². The van der Waals surface area contributed by atoms with Gasteiger partial charge < -0.3 is 5.32 Å². The minimum Gasteiger partial charge on any atom is -0.310 e. The van der Waals surface area contributed by atoms with Crippen LogP contribution in [0, 0.1) is 0 Å². The van der Waals surface area contributed by atoms with Crippen LogP contribution in [0.3, 0.4) is 0 Å². The SMILES string of the molecule is Clc1cnn(Cc2ccccc2CNC2CC2)c1. The van der Waals surface area contributed by atoms with Gasteiger partial charge in [0, 0.05) is 18.8 Å². The van der Waals surface area contributed by atoms with Crippen molar-refractivity contribution >= 4 is 11.6 Å². The van der Waals surface area contributed by atoms with Crippen molar-refractivity contribution in [2.45, 2.75) is 32.0 Å². The molecule has 1 aliphatic carbocycles. The molecular formula is C14H16ClN3. The lowest BCUT2D eigenvalue weighted by atomic mass is 10.1. The van der Waals surface area contributed by atoms with Crippen molar-refractivity contribution in [1.29, 1.82) is 0 Å². The Labute approximate surface area is 112 Å². The zero-order valence-corrected chi connectivity index (χ0v) is 10.9. The van der Waals surface area contributed by atoms with Crippen molar-refractivity contribution in [1.82, 2.24) is 15.1 Å². The molecule has 0 atom stereocenters. The van der Waals surface area contributed by atoms with E-state index in [1.807, 2.05) is 10.9 Å². The van der Waals surface area contributed by atoms with Gasteiger partial charge in [0.15, 0.2) is 0 Å². The van der Waals surface area contributed by atoms with Crippen LogP contribution in [0.15, 0.2) is 36.7 Å². The number of halogens is 1. The second kappa shape index (κ2) is 5.12. The first-order chi connectivity index (χ1) is 8.81. The molecule has 3 rings (SSSR count). The molecule has 0 bridgehead atoms. The average molecular weight is 262 g/mol. The van der Waals surface area contributed by atoms with Crippen LogP contribution in [-0.4, -0.2) is 15.8 Å². The molecule has 0 saturated heterocycles. The number of nitrogens with one attached hydrogen (secondary N) is 1. The van der Waals surface area contributed by atoms with Crippen molar-refractivity contribution in [3.8, 4) is 0 Å². The third kappa shape index (κ3) is 2.92. The fraction of sp³-hybridized carbons (Fsp3) is 0.357. The zero-order valence-electron chi connectivity index (χ0n) is 10.1. The molecule has 1 aliphatic rings. The van der Waals surface area contributed by atoms with Crippen molar-refractivity contribution in [3.63, 3.8) is 0 Å². The molecule has 0 aliphatic heterocycles. The van der Waals surface area contributed by atoms with E-state index in [0.717, 1.165) is 19.1 Å². The van der Waals surface area contributed by atoms with Crippen LogP contribution in [-0.2, 0) is 13.1 Å². The zero-order chi connectivity index (χ0) is 12.4. The molecule has 18 heavy (non-hydrogen) atoms. The summed E-state index contributed by atoms with van der Waals surface area (Å²) in [5.41, 5.74) is 2.64. The molecule has 0 amide bonds. The fourth-order valence-corrected chi connectivity index (χ4v) is 2.18. The molecule has 0 unspecified atom stereocenters. The van der Waals surface area contributed by atoms with Gasteiger partial charge in [0.25, 0.3) is 0 Å². The summed E-state index contributed by atoms with van der Waals surface area (Å²) in [5, 5.41) is 8.46. The van der Waals surface area contributed by atoms with Gasteiger partial charge in [0.2, 0.25) is 0 Å². The number of rotatable bonds is 5. The molecule has 1 fully saturated rings. The Morgan fingerprint density at radius 3 is 2.72 bits per heavy atom. The molecule has 94 valence electrons. The second-order valence-electron chi connectivity index (χ2n) is 4.78. The van der Waals surface area contributed by atoms with Gasteiger partial charge in [-0.2, -0.15) is 5.10 Å². The smallest absolute Gasteiger partial charge is 0.0785 e. The maximum absolute atomic E-state index is 5.88. The number of aromatic nitrogens is 2. The lowest BCUT2D eigenvalue weighted by molar-refractivity contribution is 0.654. The van der Waals surface area contributed by atoms with Crippen LogP contribution in [0.2, 0.25) is 5.02 Å². The van der Waals surface area contributed by atoms with Crippen LogP contribution in [0.5, 0.6) is 0 Å². The first kappa shape index (κ1) is 11.8. The standard InChI is InChI=1S/C14H16ClN3/c15-13-8-17-18(10-13)9-12-4-2-1-3-11(12)7-16-14-5-6-14/h1-4,8,10,14,16H,5-7,9H2. The highest BCUT2D eigenvalue weighted by Gasteiger charge is 2.20. The van der Waals surface area contributed by atoms with E-state index in [2.05, 4.69) is 34.7 Å². The maximum Gasteiger partial charge on any atom is 0.0785 e. The van der Waals surface area contributed by atoms with E-state index >= 15 is 0 Å². The van der Waals surface area contributed by atoms with E-state index in [0.29, 0.717) is 5.02 Å². The third-order valence-corrected chi connectivity index (χ3v) is 3.41. The summed E-state index contributed by atoms with van der Waals surface area (Å²) in [4.78, 5) is 0. The van der Waals surface area contributed by atoms with E-state index in [4.69, 9.17) is 11.6 Å². The molecule has 0 spiro atoms. The summed E-state index contributed by atoms with van der Waals surface area (Å²) < 4.78 is 1.87. The molecule has 1 saturated carbocycles. The van der Waals surface area contributed by atoms with Crippen molar-refractivity contribution in [3.05, 3.63) is 52.8 Å². The van der Waals surface area contributed by atoms with Gasteiger partial charge in [-0.1, -0.05) is 35.9 Å². The fourth-order valence-electron chi connectivity index (χ4n) is 2.03. The van der Waals surface area contributed by atoms with E-state index in [-0.39, 0.29) is 0 Å². The van der Waals surface area contributed by atoms with Crippen molar-refractivity contribution < 1.29 is 0 Å². The van der Waals surface area contributed by atoms with Gasteiger partial charge in [0.05, 0.1) is 17.8 Å².